The van der Waals surface area contributed by atoms with Gasteiger partial charge in [-0.05, 0) is 42.9 Å². The number of hydrogen-bond donors (Lipinski definition) is 0. The van der Waals surface area contributed by atoms with E-state index in [0.29, 0.717) is 0 Å². The van der Waals surface area contributed by atoms with Crippen molar-refractivity contribution in [3.05, 3.63) is 0 Å². The lowest BCUT2D eigenvalue weighted by molar-refractivity contribution is 0.0690. The van der Waals surface area contributed by atoms with Gasteiger partial charge >= 0.3 is 0 Å². The fraction of sp³-hybridized carbons (Fsp3) is 1.00. The van der Waals surface area contributed by atoms with Crippen molar-refractivity contribution < 1.29 is 0 Å². The molecule has 0 N–H and O–H groups in total. The highest BCUT2D eigenvalue weighted by Gasteiger charge is 2.51. The van der Waals surface area contributed by atoms with E-state index in [4.69, 9.17) is 0 Å². The van der Waals surface area contributed by atoms with Gasteiger partial charge in [0.2, 0.25) is 0 Å². The third-order valence-electron chi connectivity index (χ3n) is 3.22. The molecule has 0 aromatic rings. The summed E-state index contributed by atoms with van der Waals surface area (Å²) in [5.41, 5.74) is 0.763. The topological polar surface area (TPSA) is 0 Å². The first-order valence-corrected chi connectivity index (χ1v) is 5.45. The molecule has 0 atom stereocenters. The largest absolute Gasteiger partial charge is 0.0922 e. The average Bonchev–Trinajstić information content (AvgIpc) is 2.61. The van der Waals surface area contributed by atoms with Gasteiger partial charge in [-0.2, -0.15) is 0 Å². The van der Waals surface area contributed by atoms with E-state index in [0.717, 1.165) is 17.3 Å². The van der Waals surface area contributed by atoms with Crippen LogP contribution in [0.15, 0.2) is 0 Å². The van der Waals surface area contributed by atoms with Gasteiger partial charge in [-0.1, -0.05) is 22.9 Å². The van der Waals surface area contributed by atoms with E-state index in [1.807, 2.05) is 0 Å². The van der Waals surface area contributed by atoms with Crippen LogP contribution in [0.1, 0.15) is 32.6 Å². The summed E-state index contributed by atoms with van der Waals surface area (Å²) >= 11 is 3.65. The third kappa shape index (κ3) is 0.939. The van der Waals surface area contributed by atoms with Crippen molar-refractivity contribution in [2.45, 2.75) is 32.6 Å². The summed E-state index contributed by atoms with van der Waals surface area (Å²) in [5.74, 6) is 2.11. The highest BCUT2D eigenvalue weighted by Crippen LogP contribution is 2.59. The molecule has 0 unspecified atom stereocenters. The molecular formula is C9H15Br. The standard InChI is InChI=1S/C9H15Br/c1-7-4-9(5-7,6-10)8-2-3-8/h7-8H,2-6H2,1H3. The zero-order chi connectivity index (χ0) is 7.19. The molecule has 0 spiro atoms. The molecule has 0 aliphatic heterocycles. The highest BCUT2D eigenvalue weighted by molar-refractivity contribution is 9.09. The molecule has 0 bridgehead atoms. The summed E-state index contributed by atoms with van der Waals surface area (Å²) in [6.45, 7) is 2.38. The average molecular weight is 203 g/mol. The Labute approximate surface area is 71.5 Å². The Hall–Kier alpha value is 0.480. The van der Waals surface area contributed by atoms with Crippen LogP contribution in [0.3, 0.4) is 0 Å². The lowest BCUT2D eigenvalue weighted by Gasteiger charge is -2.46. The maximum atomic E-state index is 3.65. The fourth-order valence-electron chi connectivity index (χ4n) is 2.58. The highest BCUT2D eigenvalue weighted by atomic mass is 79.9. The molecule has 2 saturated carbocycles. The second-order valence-electron chi connectivity index (χ2n) is 4.28. The summed E-state index contributed by atoms with van der Waals surface area (Å²) in [6, 6.07) is 0. The van der Waals surface area contributed by atoms with Crippen LogP contribution in [0.25, 0.3) is 0 Å². The van der Waals surface area contributed by atoms with E-state index in [1.165, 1.54) is 31.0 Å². The van der Waals surface area contributed by atoms with Crippen molar-refractivity contribution in [1.82, 2.24) is 0 Å². The summed E-state index contributed by atoms with van der Waals surface area (Å²) in [5, 5.41) is 1.26. The van der Waals surface area contributed by atoms with E-state index in [1.54, 1.807) is 0 Å². The van der Waals surface area contributed by atoms with Crippen molar-refractivity contribution >= 4 is 15.9 Å². The predicted molar refractivity (Wildman–Crippen MR) is 47.3 cm³/mol. The van der Waals surface area contributed by atoms with Crippen molar-refractivity contribution in [3.63, 3.8) is 0 Å². The van der Waals surface area contributed by atoms with Gasteiger partial charge in [0.1, 0.15) is 0 Å². The molecule has 0 aromatic carbocycles. The van der Waals surface area contributed by atoms with Crippen LogP contribution in [-0.2, 0) is 0 Å². The SMILES string of the molecule is CC1CC(CBr)(C2CC2)C1. The van der Waals surface area contributed by atoms with Crippen LogP contribution < -0.4 is 0 Å². The minimum absolute atomic E-state index is 0.763. The first-order chi connectivity index (χ1) is 4.77. The van der Waals surface area contributed by atoms with Gasteiger partial charge in [0.25, 0.3) is 0 Å². The quantitative estimate of drug-likeness (QED) is 0.604. The lowest BCUT2D eigenvalue weighted by Crippen LogP contribution is -2.39. The molecule has 0 saturated heterocycles. The normalized spacial score (nSPS) is 46.8. The molecule has 2 aliphatic carbocycles. The van der Waals surface area contributed by atoms with Crippen LogP contribution in [-0.4, -0.2) is 5.33 Å². The van der Waals surface area contributed by atoms with E-state index in [2.05, 4.69) is 22.9 Å². The van der Waals surface area contributed by atoms with Crippen molar-refractivity contribution in [3.8, 4) is 0 Å². The maximum Gasteiger partial charge on any atom is 0.00908 e. The summed E-state index contributed by atoms with van der Waals surface area (Å²) in [7, 11) is 0. The van der Waals surface area contributed by atoms with Crippen LogP contribution in [0.2, 0.25) is 0 Å². The maximum absolute atomic E-state index is 3.65. The zero-order valence-electron chi connectivity index (χ0n) is 6.57. The van der Waals surface area contributed by atoms with Gasteiger partial charge in [0.05, 0.1) is 0 Å². The summed E-state index contributed by atoms with van der Waals surface area (Å²) < 4.78 is 0. The van der Waals surface area contributed by atoms with Crippen LogP contribution in [0.4, 0.5) is 0 Å². The van der Waals surface area contributed by atoms with Crippen LogP contribution >= 0.6 is 15.9 Å². The molecule has 0 aromatic heterocycles. The molecule has 2 fully saturated rings. The molecule has 1 heteroatoms. The zero-order valence-corrected chi connectivity index (χ0v) is 8.15. The van der Waals surface area contributed by atoms with Crippen molar-refractivity contribution in [1.29, 1.82) is 0 Å². The molecule has 0 radical (unpaired) electrons. The van der Waals surface area contributed by atoms with Crippen molar-refractivity contribution in [2.24, 2.45) is 17.3 Å². The van der Waals surface area contributed by atoms with Gasteiger partial charge in [-0.3, -0.25) is 0 Å². The molecule has 58 valence electrons. The number of alkyl halides is 1. The molecule has 10 heavy (non-hydrogen) atoms. The molecule has 0 heterocycles. The molecule has 0 amide bonds. The van der Waals surface area contributed by atoms with Gasteiger partial charge in [0.15, 0.2) is 0 Å². The Morgan fingerprint density at radius 2 is 2.00 bits per heavy atom. The second-order valence-corrected chi connectivity index (χ2v) is 4.84. The van der Waals surface area contributed by atoms with Gasteiger partial charge < -0.3 is 0 Å². The number of hydrogen-bond acceptors (Lipinski definition) is 0. The first kappa shape index (κ1) is 7.15. The Kier molecular flexibility index (Phi) is 1.59. The van der Waals surface area contributed by atoms with Gasteiger partial charge in [-0.15, -0.1) is 0 Å². The lowest BCUT2D eigenvalue weighted by atomic mass is 9.61. The Morgan fingerprint density at radius 3 is 2.30 bits per heavy atom. The van der Waals surface area contributed by atoms with E-state index >= 15 is 0 Å². The van der Waals surface area contributed by atoms with E-state index in [9.17, 15) is 0 Å². The van der Waals surface area contributed by atoms with Crippen molar-refractivity contribution in [2.75, 3.05) is 5.33 Å². The van der Waals surface area contributed by atoms with E-state index in [-0.39, 0.29) is 0 Å². The molecule has 0 nitrogen and oxygen atoms in total. The van der Waals surface area contributed by atoms with Gasteiger partial charge in [0, 0.05) is 5.33 Å². The Bertz CT molecular complexity index is 132. The Morgan fingerprint density at radius 1 is 1.40 bits per heavy atom. The monoisotopic (exact) mass is 202 g/mol. The predicted octanol–water partition coefficient (Wildman–Crippen LogP) is 3.21. The molecule has 2 rings (SSSR count). The number of rotatable bonds is 2. The smallest absolute Gasteiger partial charge is 0.00908 e. The molecule has 2 aliphatic rings. The minimum atomic E-state index is 0.763. The van der Waals surface area contributed by atoms with Crippen LogP contribution in [0, 0.1) is 17.3 Å². The van der Waals surface area contributed by atoms with Crippen LogP contribution in [0.5, 0.6) is 0 Å². The summed E-state index contributed by atoms with van der Waals surface area (Å²) in [6.07, 6.45) is 6.00. The second kappa shape index (κ2) is 2.23. The summed E-state index contributed by atoms with van der Waals surface area (Å²) in [4.78, 5) is 0. The van der Waals surface area contributed by atoms with E-state index < -0.39 is 0 Å². The number of halogens is 1. The molecular weight excluding hydrogens is 188 g/mol. The first-order valence-electron chi connectivity index (χ1n) is 4.33. The Balaban J connectivity index is 1.97. The minimum Gasteiger partial charge on any atom is -0.0922 e. The van der Waals surface area contributed by atoms with Gasteiger partial charge in [-0.25, -0.2) is 0 Å². The fourth-order valence-corrected chi connectivity index (χ4v) is 3.49. The third-order valence-corrected chi connectivity index (χ3v) is 4.34.